The number of rotatable bonds is 2. The minimum absolute atomic E-state index is 0.510. The van der Waals surface area contributed by atoms with Crippen LogP contribution in [-0.4, -0.2) is 7.11 Å². The van der Waals surface area contributed by atoms with Crippen LogP contribution in [-0.2, 0) is 6.54 Å². The molecule has 0 saturated carbocycles. The Kier molecular flexibility index (Phi) is 2.46. The molecule has 0 bridgehead atoms. The molecule has 1 aliphatic heterocycles. The molecule has 2 nitrogen and oxygen atoms in total. The van der Waals surface area contributed by atoms with Crippen LogP contribution in [0.5, 0.6) is 5.75 Å². The molecule has 1 aliphatic rings. The molecule has 2 rings (SSSR count). The standard InChI is InChI=1S/C12H17NO/c1-8(2)12-11-5-4-10(14-3)6-9(11)7-13-12/h4-6,8,12-13H,7H2,1-3H3. The monoisotopic (exact) mass is 191 g/mol. The Morgan fingerprint density at radius 3 is 2.86 bits per heavy atom. The van der Waals surface area contributed by atoms with Crippen LogP contribution in [0.25, 0.3) is 0 Å². The summed E-state index contributed by atoms with van der Waals surface area (Å²) in [5.74, 6) is 1.60. The summed E-state index contributed by atoms with van der Waals surface area (Å²) in [6.45, 7) is 5.46. The highest BCUT2D eigenvalue weighted by Crippen LogP contribution is 2.32. The first-order valence-corrected chi connectivity index (χ1v) is 5.12. The van der Waals surface area contributed by atoms with Gasteiger partial charge in [0.05, 0.1) is 7.11 Å². The fourth-order valence-corrected chi connectivity index (χ4v) is 2.09. The van der Waals surface area contributed by atoms with Crippen molar-refractivity contribution in [2.45, 2.75) is 26.4 Å². The van der Waals surface area contributed by atoms with E-state index in [-0.39, 0.29) is 0 Å². The Hall–Kier alpha value is -1.02. The molecule has 1 N–H and O–H groups in total. The maximum atomic E-state index is 5.21. The van der Waals surface area contributed by atoms with Gasteiger partial charge in [0.1, 0.15) is 5.75 Å². The Bertz CT molecular complexity index is 333. The van der Waals surface area contributed by atoms with Crippen LogP contribution in [0.1, 0.15) is 31.0 Å². The molecular formula is C12H17NO. The minimum atomic E-state index is 0.510. The summed E-state index contributed by atoms with van der Waals surface area (Å²) in [4.78, 5) is 0. The van der Waals surface area contributed by atoms with Crippen LogP contribution in [0.4, 0.5) is 0 Å². The highest BCUT2D eigenvalue weighted by Gasteiger charge is 2.24. The van der Waals surface area contributed by atoms with Crippen LogP contribution in [0.15, 0.2) is 18.2 Å². The fourth-order valence-electron chi connectivity index (χ4n) is 2.09. The van der Waals surface area contributed by atoms with Crippen molar-refractivity contribution in [2.24, 2.45) is 5.92 Å². The number of benzene rings is 1. The van der Waals surface area contributed by atoms with E-state index >= 15 is 0 Å². The van der Waals surface area contributed by atoms with Crippen LogP contribution >= 0.6 is 0 Å². The van der Waals surface area contributed by atoms with E-state index in [0.29, 0.717) is 12.0 Å². The first-order valence-electron chi connectivity index (χ1n) is 5.12. The highest BCUT2D eigenvalue weighted by atomic mass is 16.5. The molecule has 0 saturated heterocycles. The molecule has 0 aromatic heterocycles. The van der Waals surface area contributed by atoms with Crippen molar-refractivity contribution in [1.29, 1.82) is 0 Å². The third-order valence-corrected chi connectivity index (χ3v) is 2.86. The van der Waals surface area contributed by atoms with Gasteiger partial charge in [0.2, 0.25) is 0 Å². The molecule has 1 aromatic rings. The normalized spacial score (nSPS) is 19.9. The lowest BCUT2D eigenvalue weighted by molar-refractivity contribution is 0.414. The van der Waals surface area contributed by atoms with Gasteiger partial charge < -0.3 is 10.1 Å². The van der Waals surface area contributed by atoms with E-state index in [9.17, 15) is 0 Å². The third kappa shape index (κ3) is 1.50. The topological polar surface area (TPSA) is 21.3 Å². The van der Waals surface area contributed by atoms with Crippen molar-refractivity contribution in [3.05, 3.63) is 29.3 Å². The van der Waals surface area contributed by atoms with Gasteiger partial charge in [0, 0.05) is 12.6 Å². The number of nitrogens with one attached hydrogen (secondary N) is 1. The van der Waals surface area contributed by atoms with Gasteiger partial charge in [-0.3, -0.25) is 0 Å². The Balaban J connectivity index is 2.33. The third-order valence-electron chi connectivity index (χ3n) is 2.86. The van der Waals surface area contributed by atoms with Crippen molar-refractivity contribution in [3.8, 4) is 5.75 Å². The van der Waals surface area contributed by atoms with Crippen LogP contribution < -0.4 is 10.1 Å². The SMILES string of the molecule is COc1ccc2c(c1)CNC2C(C)C. The van der Waals surface area contributed by atoms with E-state index in [2.05, 4.69) is 31.3 Å². The van der Waals surface area contributed by atoms with Gasteiger partial charge in [-0.25, -0.2) is 0 Å². The van der Waals surface area contributed by atoms with E-state index in [1.807, 2.05) is 6.07 Å². The number of fused-ring (bicyclic) bond motifs is 1. The molecule has 1 atom stereocenters. The second-order valence-corrected chi connectivity index (χ2v) is 4.17. The van der Waals surface area contributed by atoms with E-state index in [0.717, 1.165) is 12.3 Å². The summed E-state index contributed by atoms with van der Waals surface area (Å²) < 4.78 is 5.21. The summed E-state index contributed by atoms with van der Waals surface area (Å²) in [5, 5.41) is 3.52. The van der Waals surface area contributed by atoms with Crippen molar-refractivity contribution < 1.29 is 4.74 Å². The quantitative estimate of drug-likeness (QED) is 0.775. The average molecular weight is 191 g/mol. The largest absolute Gasteiger partial charge is 0.497 e. The second-order valence-electron chi connectivity index (χ2n) is 4.17. The number of hydrogen-bond donors (Lipinski definition) is 1. The lowest BCUT2D eigenvalue weighted by atomic mass is 9.96. The zero-order valence-corrected chi connectivity index (χ0v) is 9.00. The molecule has 0 radical (unpaired) electrons. The molecule has 1 aromatic carbocycles. The molecule has 14 heavy (non-hydrogen) atoms. The summed E-state index contributed by atoms with van der Waals surface area (Å²) in [7, 11) is 1.71. The summed E-state index contributed by atoms with van der Waals surface area (Å²) in [6, 6.07) is 6.86. The second kappa shape index (κ2) is 3.62. The summed E-state index contributed by atoms with van der Waals surface area (Å²) in [5.41, 5.74) is 2.81. The first-order chi connectivity index (χ1) is 6.72. The fraction of sp³-hybridized carbons (Fsp3) is 0.500. The molecule has 0 amide bonds. The average Bonchev–Trinajstić information content (AvgIpc) is 2.59. The highest BCUT2D eigenvalue weighted by molar-refractivity contribution is 5.40. The van der Waals surface area contributed by atoms with E-state index in [1.165, 1.54) is 11.1 Å². The lowest BCUT2D eigenvalue weighted by Gasteiger charge is -2.16. The first kappa shape index (κ1) is 9.53. The molecule has 1 unspecified atom stereocenters. The van der Waals surface area contributed by atoms with Gasteiger partial charge in [-0.15, -0.1) is 0 Å². The van der Waals surface area contributed by atoms with Gasteiger partial charge in [-0.1, -0.05) is 19.9 Å². The van der Waals surface area contributed by atoms with Crippen molar-refractivity contribution in [1.82, 2.24) is 5.32 Å². The zero-order chi connectivity index (χ0) is 10.1. The Morgan fingerprint density at radius 2 is 2.21 bits per heavy atom. The molecule has 0 fully saturated rings. The molecule has 76 valence electrons. The molecule has 0 spiro atoms. The van der Waals surface area contributed by atoms with Gasteiger partial charge in [0.15, 0.2) is 0 Å². The van der Waals surface area contributed by atoms with Gasteiger partial charge in [0.25, 0.3) is 0 Å². The maximum absolute atomic E-state index is 5.21. The van der Waals surface area contributed by atoms with Gasteiger partial charge in [-0.05, 0) is 29.2 Å². The molecular weight excluding hydrogens is 174 g/mol. The van der Waals surface area contributed by atoms with Crippen molar-refractivity contribution in [2.75, 3.05) is 7.11 Å². The smallest absolute Gasteiger partial charge is 0.119 e. The Morgan fingerprint density at radius 1 is 1.43 bits per heavy atom. The van der Waals surface area contributed by atoms with Crippen LogP contribution in [0.2, 0.25) is 0 Å². The van der Waals surface area contributed by atoms with Crippen molar-refractivity contribution >= 4 is 0 Å². The maximum Gasteiger partial charge on any atom is 0.119 e. The van der Waals surface area contributed by atoms with E-state index in [4.69, 9.17) is 4.74 Å². The number of methoxy groups -OCH3 is 1. The number of ether oxygens (including phenoxy) is 1. The number of hydrogen-bond acceptors (Lipinski definition) is 2. The van der Waals surface area contributed by atoms with E-state index < -0.39 is 0 Å². The molecule has 0 aliphatic carbocycles. The van der Waals surface area contributed by atoms with E-state index in [1.54, 1.807) is 7.11 Å². The Labute approximate surface area is 85.3 Å². The minimum Gasteiger partial charge on any atom is -0.497 e. The molecule has 1 heterocycles. The predicted octanol–water partition coefficient (Wildman–Crippen LogP) is 2.50. The molecule has 2 heteroatoms. The van der Waals surface area contributed by atoms with Gasteiger partial charge in [-0.2, -0.15) is 0 Å². The van der Waals surface area contributed by atoms with Crippen LogP contribution in [0.3, 0.4) is 0 Å². The summed E-state index contributed by atoms with van der Waals surface area (Å²) >= 11 is 0. The lowest BCUT2D eigenvalue weighted by Crippen LogP contribution is -2.17. The van der Waals surface area contributed by atoms with Gasteiger partial charge >= 0.3 is 0 Å². The zero-order valence-electron chi connectivity index (χ0n) is 9.00. The predicted molar refractivity (Wildman–Crippen MR) is 57.4 cm³/mol. The van der Waals surface area contributed by atoms with Crippen LogP contribution in [0, 0.1) is 5.92 Å². The van der Waals surface area contributed by atoms with Crippen molar-refractivity contribution in [3.63, 3.8) is 0 Å². The summed E-state index contributed by atoms with van der Waals surface area (Å²) in [6.07, 6.45) is 0.